The molecule has 22 heavy (non-hydrogen) atoms. The lowest BCUT2D eigenvalue weighted by Gasteiger charge is -2.02. The minimum absolute atomic E-state index is 0.777. The Balaban J connectivity index is 1.53. The maximum Gasteiger partial charge on any atom is 0.206 e. The van der Waals surface area contributed by atoms with Gasteiger partial charge in [0, 0.05) is 12.3 Å². The molecule has 5 heteroatoms. The van der Waals surface area contributed by atoms with Gasteiger partial charge in [-0.25, -0.2) is 0 Å². The van der Waals surface area contributed by atoms with Crippen LogP contribution in [0.2, 0.25) is 0 Å². The molecule has 0 fully saturated rings. The number of aryl methyl sites for hydroxylation is 1. The Kier molecular flexibility index (Phi) is 5.08. The summed E-state index contributed by atoms with van der Waals surface area (Å²) in [5, 5.41) is 12.6. The lowest BCUT2D eigenvalue weighted by molar-refractivity contribution is 0.994. The molecule has 0 aliphatic rings. The summed E-state index contributed by atoms with van der Waals surface area (Å²) in [6.07, 6.45) is 0. The fourth-order valence-electron chi connectivity index (χ4n) is 2.06. The second-order valence-electron chi connectivity index (χ2n) is 4.99. The van der Waals surface area contributed by atoms with Crippen LogP contribution in [0.25, 0.3) is 0 Å². The van der Waals surface area contributed by atoms with Crippen molar-refractivity contribution in [2.24, 2.45) is 0 Å². The van der Waals surface area contributed by atoms with E-state index in [0.717, 1.165) is 21.8 Å². The summed E-state index contributed by atoms with van der Waals surface area (Å²) in [6.45, 7) is 2.88. The van der Waals surface area contributed by atoms with Gasteiger partial charge in [0.15, 0.2) is 4.34 Å². The van der Waals surface area contributed by atoms with E-state index in [-0.39, 0.29) is 0 Å². The number of benzene rings is 2. The molecule has 0 atom stereocenters. The highest BCUT2D eigenvalue weighted by atomic mass is 32.2. The fourth-order valence-corrected chi connectivity index (χ4v) is 3.76. The van der Waals surface area contributed by atoms with Gasteiger partial charge in [0.2, 0.25) is 5.13 Å². The molecule has 0 amide bonds. The number of anilines is 1. The molecule has 3 nitrogen and oxygen atoms in total. The molecule has 0 aliphatic carbocycles. The SMILES string of the molecule is Cc1cccc(CNc2nnc(SCc3ccccc3)s2)c1. The van der Waals surface area contributed by atoms with Crippen LogP contribution in [0.15, 0.2) is 58.9 Å². The van der Waals surface area contributed by atoms with Crippen molar-refractivity contribution in [3.8, 4) is 0 Å². The van der Waals surface area contributed by atoms with Crippen LogP contribution in [-0.4, -0.2) is 10.2 Å². The van der Waals surface area contributed by atoms with Gasteiger partial charge in [0.05, 0.1) is 0 Å². The molecule has 2 aromatic carbocycles. The predicted octanol–water partition coefficient (Wildman–Crippen LogP) is 4.75. The van der Waals surface area contributed by atoms with E-state index in [4.69, 9.17) is 0 Å². The lowest BCUT2D eigenvalue weighted by atomic mass is 10.1. The van der Waals surface area contributed by atoms with Gasteiger partial charge in [-0.1, -0.05) is 83.3 Å². The molecule has 1 N–H and O–H groups in total. The third kappa shape index (κ3) is 4.32. The van der Waals surface area contributed by atoms with Gasteiger partial charge in [0.25, 0.3) is 0 Å². The normalized spacial score (nSPS) is 10.6. The van der Waals surface area contributed by atoms with Gasteiger partial charge in [-0.05, 0) is 18.1 Å². The quantitative estimate of drug-likeness (QED) is 0.663. The molecule has 0 radical (unpaired) electrons. The van der Waals surface area contributed by atoms with Crippen molar-refractivity contribution in [1.29, 1.82) is 0 Å². The summed E-state index contributed by atoms with van der Waals surface area (Å²) in [4.78, 5) is 0. The van der Waals surface area contributed by atoms with Gasteiger partial charge in [-0.3, -0.25) is 0 Å². The van der Waals surface area contributed by atoms with E-state index < -0.39 is 0 Å². The number of thioether (sulfide) groups is 1. The number of hydrogen-bond donors (Lipinski definition) is 1. The maximum atomic E-state index is 4.23. The Morgan fingerprint density at radius 2 is 1.82 bits per heavy atom. The van der Waals surface area contributed by atoms with E-state index in [1.165, 1.54) is 16.7 Å². The summed E-state index contributed by atoms with van der Waals surface area (Å²) in [7, 11) is 0. The molecule has 0 unspecified atom stereocenters. The average Bonchev–Trinajstić information content (AvgIpc) is 3.00. The molecular weight excluding hydrogens is 310 g/mol. The number of nitrogens with zero attached hydrogens (tertiary/aromatic N) is 2. The van der Waals surface area contributed by atoms with Crippen molar-refractivity contribution >= 4 is 28.2 Å². The smallest absolute Gasteiger partial charge is 0.206 e. The summed E-state index contributed by atoms with van der Waals surface area (Å²) >= 11 is 3.33. The van der Waals surface area contributed by atoms with Crippen molar-refractivity contribution < 1.29 is 0 Å². The first-order valence-electron chi connectivity index (χ1n) is 7.09. The Morgan fingerprint density at radius 3 is 2.64 bits per heavy atom. The monoisotopic (exact) mass is 327 g/mol. The Labute approximate surface area is 138 Å². The summed E-state index contributed by atoms with van der Waals surface area (Å²) in [6, 6.07) is 18.9. The van der Waals surface area contributed by atoms with E-state index in [0.29, 0.717) is 0 Å². The number of nitrogens with one attached hydrogen (secondary N) is 1. The van der Waals surface area contributed by atoms with Crippen LogP contribution < -0.4 is 5.32 Å². The molecule has 0 spiro atoms. The van der Waals surface area contributed by atoms with E-state index in [1.54, 1.807) is 23.1 Å². The van der Waals surface area contributed by atoms with Crippen molar-refractivity contribution in [1.82, 2.24) is 10.2 Å². The van der Waals surface area contributed by atoms with Crippen molar-refractivity contribution in [3.05, 3.63) is 71.3 Å². The standard InChI is InChI=1S/C17H17N3S2/c1-13-6-5-9-15(10-13)11-18-16-19-20-17(22-16)21-12-14-7-3-2-4-8-14/h2-10H,11-12H2,1H3,(H,18,19). The molecule has 112 valence electrons. The van der Waals surface area contributed by atoms with Gasteiger partial charge >= 0.3 is 0 Å². The molecular formula is C17H17N3S2. The summed E-state index contributed by atoms with van der Waals surface area (Å²) < 4.78 is 0.996. The van der Waals surface area contributed by atoms with Gasteiger partial charge in [0.1, 0.15) is 0 Å². The Bertz CT molecular complexity index is 726. The molecule has 0 bridgehead atoms. The first kappa shape index (κ1) is 15.1. The predicted molar refractivity (Wildman–Crippen MR) is 94.4 cm³/mol. The molecule has 3 rings (SSSR count). The minimum atomic E-state index is 0.777. The lowest BCUT2D eigenvalue weighted by Crippen LogP contribution is -1.98. The van der Waals surface area contributed by atoms with E-state index in [9.17, 15) is 0 Å². The highest BCUT2D eigenvalue weighted by Gasteiger charge is 2.05. The zero-order valence-electron chi connectivity index (χ0n) is 12.3. The van der Waals surface area contributed by atoms with Crippen LogP contribution in [0.4, 0.5) is 5.13 Å². The third-order valence-corrected chi connectivity index (χ3v) is 5.22. The molecule has 1 heterocycles. The van der Waals surface area contributed by atoms with E-state index >= 15 is 0 Å². The highest BCUT2D eigenvalue weighted by Crippen LogP contribution is 2.28. The first-order chi connectivity index (χ1) is 10.8. The minimum Gasteiger partial charge on any atom is -0.356 e. The van der Waals surface area contributed by atoms with Crippen LogP contribution >= 0.6 is 23.1 Å². The second kappa shape index (κ2) is 7.42. The maximum absolute atomic E-state index is 4.23. The third-order valence-electron chi connectivity index (χ3n) is 3.14. The van der Waals surface area contributed by atoms with Crippen molar-refractivity contribution in [3.63, 3.8) is 0 Å². The molecule has 3 aromatic rings. The van der Waals surface area contributed by atoms with Crippen LogP contribution in [0.5, 0.6) is 0 Å². The number of aromatic nitrogens is 2. The van der Waals surface area contributed by atoms with Gasteiger partial charge in [-0.15, -0.1) is 10.2 Å². The fraction of sp³-hybridized carbons (Fsp3) is 0.176. The molecule has 0 saturated carbocycles. The van der Waals surface area contributed by atoms with Crippen molar-refractivity contribution in [2.75, 3.05) is 5.32 Å². The Morgan fingerprint density at radius 1 is 1.00 bits per heavy atom. The van der Waals surface area contributed by atoms with E-state index in [1.807, 2.05) is 6.07 Å². The molecule has 0 aliphatic heterocycles. The zero-order chi connectivity index (χ0) is 15.2. The topological polar surface area (TPSA) is 37.8 Å². The number of hydrogen-bond acceptors (Lipinski definition) is 5. The largest absolute Gasteiger partial charge is 0.356 e. The molecule has 0 saturated heterocycles. The van der Waals surface area contributed by atoms with Crippen molar-refractivity contribution in [2.45, 2.75) is 23.6 Å². The second-order valence-corrected chi connectivity index (χ2v) is 7.19. The molecule has 1 aromatic heterocycles. The Hall–Kier alpha value is -1.85. The number of rotatable bonds is 6. The van der Waals surface area contributed by atoms with Crippen LogP contribution in [0.1, 0.15) is 16.7 Å². The van der Waals surface area contributed by atoms with Crippen LogP contribution in [0, 0.1) is 6.92 Å². The average molecular weight is 327 g/mol. The van der Waals surface area contributed by atoms with Crippen LogP contribution in [0.3, 0.4) is 0 Å². The zero-order valence-corrected chi connectivity index (χ0v) is 14.0. The first-order valence-corrected chi connectivity index (χ1v) is 8.89. The highest BCUT2D eigenvalue weighted by molar-refractivity contribution is 8.00. The summed E-state index contributed by atoms with van der Waals surface area (Å²) in [5.74, 6) is 0.924. The van der Waals surface area contributed by atoms with Gasteiger partial charge < -0.3 is 5.32 Å². The van der Waals surface area contributed by atoms with E-state index in [2.05, 4.69) is 71.0 Å². The van der Waals surface area contributed by atoms with Gasteiger partial charge in [-0.2, -0.15) is 0 Å². The van der Waals surface area contributed by atoms with Crippen LogP contribution in [-0.2, 0) is 12.3 Å². The summed E-state index contributed by atoms with van der Waals surface area (Å²) in [5.41, 5.74) is 3.83.